The van der Waals surface area contributed by atoms with E-state index in [0.29, 0.717) is 5.82 Å². The number of aromatic nitrogens is 1. The number of hydrogen-bond acceptors (Lipinski definition) is 5. The van der Waals surface area contributed by atoms with Crippen molar-refractivity contribution in [2.75, 3.05) is 38.2 Å². The maximum atomic E-state index is 10.8. The highest BCUT2D eigenvalue weighted by Gasteiger charge is 2.14. The van der Waals surface area contributed by atoms with E-state index in [9.17, 15) is 4.79 Å². The molecule has 6 nitrogen and oxygen atoms in total. The zero-order valence-corrected chi connectivity index (χ0v) is 11.0. The van der Waals surface area contributed by atoms with E-state index in [4.69, 9.17) is 9.84 Å². The van der Waals surface area contributed by atoms with Gasteiger partial charge in [0.1, 0.15) is 5.82 Å². The Morgan fingerprint density at radius 2 is 2.26 bits per heavy atom. The van der Waals surface area contributed by atoms with Gasteiger partial charge in [0.2, 0.25) is 0 Å². The number of aromatic carboxylic acids is 1. The van der Waals surface area contributed by atoms with Gasteiger partial charge in [-0.1, -0.05) is 6.07 Å². The summed E-state index contributed by atoms with van der Waals surface area (Å²) in [7, 11) is 0. The van der Waals surface area contributed by atoms with Gasteiger partial charge in [0, 0.05) is 25.7 Å². The van der Waals surface area contributed by atoms with Crippen molar-refractivity contribution in [3.63, 3.8) is 0 Å². The number of carboxylic acid groups (broad SMARTS) is 1. The van der Waals surface area contributed by atoms with Crippen LogP contribution in [0.15, 0.2) is 18.2 Å². The van der Waals surface area contributed by atoms with Crippen LogP contribution in [-0.2, 0) is 4.74 Å². The Labute approximate surface area is 112 Å². The molecule has 19 heavy (non-hydrogen) atoms. The lowest BCUT2D eigenvalue weighted by Gasteiger charge is -2.29. The molecule has 6 heteroatoms. The molecule has 1 aliphatic heterocycles. The summed E-state index contributed by atoms with van der Waals surface area (Å²) in [4.78, 5) is 17.2. The summed E-state index contributed by atoms with van der Waals surface area (Å²) in [6, 6.07) is 5.16. The number of nitrogens with one attached hydrogen (secondary N) is 1. The fourth-order valence-corrected chi connectivity index (χ4v) is 2.10. The van der Waals surface area contributed by atoms with Crippen molar-refractivity contribution in [1.82, 2.24) is 9.88 Å². The molecule has 104 valence electrons. The predicted octanol–water partition coefficient (Wildman–Crippen LogP) is 0.912. The molecule has 1 saturated heterocycles. The second-order valence-corrected chi connectivity index (χ2v) is 4.67. The number of ether oxygens (including phenoxy) is 1. The van der Waals surface area contributed by atoms with Crippen molar-refractivity contribution in [3.8, 4) is 0 Å². The van der Waals surface area contributed by atoms with Gasteiger partial charge >= 0.3 is 5.97 Å². The van der Waals surface area contributed by atoms with Crippen LogP contribution in [0.2, 0.25) is 0 Å². The van der Waals surface area contributed by atoms with Crippen LogP contribution >= 0.6 is 0 Å². The maximum Gasteiger partial charge on any atom is 0.354 e. The van der Waals surface area contributed by atoms with Crippen molar-refractivity contribution in [3.05, 3.63) is 23.9 Å². The topological polar surface area (TPSA) is 74.7 Å². The highest BCUT2D eigenvalue weighted by atomic mass is 16.5. The third-order valence-electron chi connectivity index (χ3n) is 3.00. The Morgan fingerprint density at radius 1 is 1.53 bits per heavy atom. The largest absolute Gasteiger partial charge is 0.477 e. The summed E-state index contributed by atoms with van der Waals surface area (Å²) in [6.07, 6.45) is 0. The van der Waals surface area contributed by atoms with Crippen LogP contribution in [0.3, 0.4) is 0 Å². The first kappa shape index (κ1) is 13.8. The van der Waals surface area contributed by atoms with Crippen molar-refractivity contribution in [1.29, 1.82) is 0 Å². The first-order valence-corrected chi connectivity index (χ1v) is 6.42. The first-order valence-electron chi connectivity index (χ1n) is 6.42. The van der Waals surface area contributed by atoms with Crippen LogP contribution in [0.5, 0.6) is 0 Å². The Hall–Kier alpha value is -1.66. The smallest absolute Gasteiger partial charge is 0.354 e. The average molecular weight is 265 g/mol. The Morgan fingerprint density at radius 3 is 2.95 bits per heavy atom. The van der Waals surface area contributed by atoms with E-state index >= 15 is 0 Å². The molecule has 1 aromatic heterocycles. The van der Waals surface area contributed by atoms with Crippen molar-refractivity contribution in [2.24, 2.45) is 0 Å². The molecule has 0 saturated carbocycles. The fourth-order valence-electron chi connectivity index (χ4n) is 2.10. The van der Waals surface area contributed by atoms with Gasteiger partial charge in [0.05, 0.1) is 13.2 Å². The van der Waals surface area contributed by atoms with Gasteiger partial charge in [-0.25, -0.2) is 9.78 Å². The predicted molar refractivity (Wildman–Crippen MR) is 71.5 cm³/mol. The van der Waals surface area contributed by atoms with Crippen LogP contribution in [0.4, 0.5) is 5.82 Å². The number of carbonyl (C=O) groups is 1. The molecule has 0 aromatic carbocycles. The maximum absolute atomic E-state index is 10.8. The minimum absolute atomic E-state index is 0.0589. The van der Waals surface area contributed by atoms with E-state index in [1.807, 2.05) is 0 Å². The summed E-state index contributed by atoms with van der Waals surface area (Å²) in [6.45, 7) is 6.38. The number of pyridine rings is 1. The SMILES string of the molecule is CC(CN1CCOCC1)Nc1cccc(C(=O)O)n1. The lowest BCUT2D eigenvalue weighted by atomic mass is 10.2. The summed E-state index contributed by atoms with van der Waals surface area (Å²) < 4.78 is 5.30. The molecule has 2 rings (SSSR count). The third-order valence-corrected chi connectivity index (χ3v) is 3.00. The number of nitrogens with zero attached hydrogens (tertiary/aromatic N) is 2. The summed E-state index contributed by atoms with van der Waals surface area (Å²) in [5, 5.41) is 12.1. The monoisotopic (exact) mass is 265 g/mol. The minimum atomic E-state index is -1.01. The van der Waals surface area contributed by atoms with E-state index < -0.39 is 5.97 Å². The number of rotatable bonds is 5. The molecule has 0 aliphatic carbocycles. The standard InChI is InChI=1S/C13H19N3O3/c1-10(9-16-5-7-19-8-6-16)14-12-4-2-3-11(15-12)13(17)18/h2-4,10H,5-9H2,1H3,(H,14,15)(H,17,18). The van der Waals surface area contributed by atoms with E-state index in [2.05, 4.69) is 22.1 Å². The average Bonchev–Trinajstić information content (AvgIpc) is 2.40. The van der Waals surface area contributed by atoms with Crippen LogP contribution in [-0.4, -0.2) is 59.8 Å². The quantitative estimate of drug-likeness (QED) is 0.824. The Bertz CT molecular complexity index is 433. The Balaban J connectivity index is 1.88. The molecule has 0 spiro atoms. The summed E-state index contributed by atoms with van der Waals surface area (Å²) in [5.41, 5.74) is 0.0589. The second-order valence-electron chi connectivity index (χ2n) is 4.67. The molecular weight excluding hydrogens is 246 g/mol. The van der Waals surface area contributed by atoms with Crippen molar-refractivity contribution >= 4 is 11.8 Å². The van der Waals surface area contributed by atoms with Gasteiger partial charge in [-0.2, -0.15) is 0 Å². The number of morpholine rings is 1. The molecule has 1 aliphatic rings. The van der Waals surface area contributed by atoms with Gasteiger partial charge in [-0.05, 0) is 19.1 Å². The number of carboxylic acids is 1. The number of anilines is 1. The highest BCUT2D eigenvalue weighted by molar-refractivity contribution is 5.85. The van der Waals surface area contributed by atoms with E-state index in [-0.39, 0.29) is 11.7 Å². The normalized spacial score (nSPS) is 17.9. The van der Waals surface area contributed by atoms with Crippen molar-refractivity contribution in [2.45, 2.75) is 13.0 Å². The molecule has 1 atom stereocenters. The zero-order valence-electron chi connectivity index (χ0n) is 11.0. The van der Waals surface area contributed by atoms with Crippen LogP contribution in [0.25, 0.3) is 0 Å². The van der Waals surface area contributed by atoms with E-state index in [1.165, 1.54) is 6.07 Å². The van der Waals surface area contributed by atoms with Crippen LogP contribution < -0.4 is 5.32 Å². The fraction of sp³-hybridized carbons (Fsp3) is 0.538. The van der Waals surface area contributed by atoms with Gasteiger partial charge in [0.15, 0.2) is 5.69 Å². The molecule has 0 bridgehead atoms. The van der Waals surface area contributed by atoms with Gasteiger partial charge < -0.3 is 15.2 Å². The first-order chi connectivity index (χ1) is 9.15. The van der Waals surface area contributed by atoms with Gasteiger partial charge in [-0.15, -0.1) is 0 Å². The lowest BCUT2D eigenvalue weighted by molar-refractivity contribution is 0.0368. The Kier molecular flexibility index (Phi) is 4.70. The molecule has 2 heterocycles. The second kappa shape index (κ2) is 6.49. The van der Waals surface area contributed by atoms with Gasteiger partial charge in [-0.3, -0.25) is 4.90 Å². The molecule has 2 N–H and O–H groups in total. The highest BCUT2D eigenvalue weighted by Crippen LogP contribution is 2.08. The zero-order chi connectivity index (χ0) is 13.7. The molecule has 0 amide bonds. The molecule has 1 unspecified atom stereocenters. The molecule has 1 fully saturated rings. The summed E-state index contributed by atoms with van der Waals surface area (Å²) in [5.74, 6) is -0.412. The number of hydrogen-bond donors (Lipinski definition) is 2. The molecule has 0 radical (unpaired) electrons. The van der Waals surface area contributed by atoms with E-state index in [0.717, 1.165) is 32.8 Å². The van der Waals surface area contributed by atoms with Crippen molar-refractivity contribution < 1.29 is 14.6 Å². The minimum Gasteiger partial charge on any atom is -0.477 e. The lowest BCUT2D eigenvalue weighted by Crippen LogP contribution is -2.42. The van der Waals surface area contributed by atoms with Crippen LogP contribution in [0.1, 0.15) is 17.4 Å². The molecular formula is C13H19N3O3. The summed E-state index contributed by atoms with van der Waals surface area (Å²) >= 11 is 0. The molecule has 1 aromatic rings. The van der Waals surface area contributed by atoms with Crippen LogP contribution in [0, 0.1) is 0 Å². The van der Waals surface area contributed by atoms with Gasteiger partial charge in [0.25, 0.3) is 0 Å². The third kappa shape index (κ3) is 4.18. The van der Waals surface area contributed by atoms with E-state index in [1.54, 1.807) is 12.1 Å².